The Morgan fingerprint density at radius 2 is 1.13 bits per heavy atom. The second-order valence-electron chi connectivity index (χ2n) is 16.5. The van der Waals surface area contributed by atoms with Gasteiger partial charge >= 0.3 is 0 Å². The third-order valence-electron chi connectivity index (χ3n) is 10.0. The van der Waals surface area contributed by atoms with Crippen molar-refractivity contribution in [2.24, 2.45) is 0 Å². The van der Waals surface area contributed by atoms with Crippen LogP contribution in [0.2, 0.25) is 19.6 Å². The Morgan fingerprint density at radius 3 is 1.72 bits per heavy atom. The van der Waals surface area contributed by atoms with E-state index in [9.17, 15) is 8.78 Å². The first kappa shape index (κ1) is 43.6. The number of aromatic nitrogens is 3. The van der Waals surface area contributed by atoms with Gasteiger partial charge in [0.05, 0.1) is 25.2 Å². The van der Waals surface area contributed by atoms with Crippen molar-refractivity contribution in [3.63, 3.8) is 0 Å². The number of hydrogen-bond donors (Lipinski definition) is 0. The van der Waals surface area contributed by atoms with E-state index in [4.69, 9.17) is 4.42 Å². The molecular formula is C52H47F2IrN3OSi. The van der Waals surface area contributed by atoms with Crippen LogP contribution in [0, 0.1) is 11.6 Å². The van der Waals surface area contributed by atoms with Crippen LogP contribution in [0.4, 0.5) is 8.78 Å². The van der Waals surface area contributed by atoms with E-state index in [0.29, 0.717) is 16.7 Å². The summed E-state index contributed by atoms with van der Waals surface area (Å²) in [4.78, 5) is 13.4. The van der Waals surface area contributed by atoms with Gasteiger partial charge in [0.2, 0.25) is 0 Å². The number of furan rings is 1. The minimum atomic E-state index is -1.22. The second kappa shape index (κ2) is 19.0. The van der Waals surface area contributed by atoms with E-state index in [-0.39, 0.29) is 25.5 Å². The van der Waals surface area contributed by atoms with Gasteiger partial charge in [-0.05, 0) is 88.0 Å². The third-order valence-corrected chi connectivity index (χ3v) is 12.1. The molecule has 303 valence electrons. The molecular weight excluding hydrogens is 941 g/mol. The van der Waals surface area contributed by atoms with Crippen molar-refractivity contribution >= 4 is 35.2 Å². The van der Waals surface area contributed by atoms with E-state index in [1.807, 2.05) is 116 Å². The molecule has 8 heteroatoms. The first-order chi connectivity index (χ1) is 28.3. The van der Waals surface area contributed by atoms with Crippen LogP contribution in [0.25, 0.3) is 66.8 Å². The number of rotatable bonds is 5. The van der Waals surface area contributed by atoms with Crippen LogP contribution in [-0.4, -0.2) is 23.0 Å². The average molecular weight is 988 g/mol. The second-order valence-corrected chi connectivity index (χ2v) is 21.5. The van der Waals surface area contributed by atoms with Crippen molar-refractivity contribution in [1.29, 1.82) is 0 Å². The van der Waals surface area contributed by atoms with Crippen LogP contribution in [0.1, 0.15) is 26.3 Å². The monoisotopic (exact) mass is 988 g/mol. The largest absolute Gasteiger partial charge is 0.455 e. The molecule has 9 rings (SSSR count). The molecule has 0 N–H and O–H groups in total. The smallest absolute Gasteiger partial charge is 0.144 e. The molecule has 0 atom stereocenters. The van der Waals surface area contributed by atoms with E-state index in [0.717, 1.165) is 50.6 Å². The molecule has 0 bridgehead atoms. The zero-order valence-corrected chi connectivity index (χ0v) is 38.0. The van der Waals surface area contributed by atoms with Gasteiger partial charge in [0.1, 0.15) is 22.8 Å². The molecule has 5 aromatic carbocycles. The molecule has 0 aliphatic heterocycles. The molecule has 0 aliphatic rings. The molecule has 0 fully saturated rings. The summed E-state index contributed by atoms with van der Waals surface area (Å²) in [6.45, 7) is 13.5. The van der Waals surface area contributed by atoms with E-state index >= 15 is 0 Å². The standard InChI is InChI=1S/C27H21F2NO.C14H17NSi.C11H9N.Ir/c1-27(2,3)18-9-10-30-24(14-18)23-6-4-5-22-21-8-7-16(13-25(21)31-26(22)23)17-11-19(28)15-20(29)12-17;1-16(2,3)13-9-10-14(15-11-13)12-7-5-4-6-8-12;1-2-6-10(7-3-1)11-8-4-5-9-12-11;/h4-15H,1-3H3;4-11H,1-3H3;1-9H;. The van der Waals surface area contributed by atoms with Crippen LogP contribution >= 0.6 is 0 Å². The van der Waals surface area contributed by atoms with Gasteiger partial charge in [-0.15, -0.1) is 0 Å². The fraction of sp³-hybridized carbons (Fsp3) is 0.135. The Hall–Kier alpha value is -5.92. The van der Waals surface area contributed by atoms with Crippen LogP contribution in [0.15, 0.2) is 181 Å². The number of fused-ring (bicyclic) bond motifs is 3. The average Bonchev–Trinajstić information content (AvgIpc) is 3.63. The number of pyridine rings is 3. The van der Waals surface area contributed by atoms with E-state index in [2.05, 4.69) is 97.8 Å². The molecule has 0 spiro atoms. The van der Waals surface area contributed by atoms with Gasteiger partial charge in [-0.1, -0.05) is 131 Å². The quantitative estimate of drug-likeness (QED) is 0.161. The molecule has 4 heterocycles. The topological polar surface area (TPSA) is 51.8 Å². The van der Waals surface area contributed by atoms with Crippen molar-refractivity contribution in [2.45, 2.75) is 45.8 Å². The Morgan fingerprint density at radius 1 is 0.500 bits per heavy atom. The molecule has 0 unspecified atom stereocenters. The molecule has 0 aliphatic carbocycles. The molecule has 9 aromatic rings. The predicted octanol–water partition coefficient (Wildman–Crippen LogP) is 13.9. The summed E-state index contributed by atoms with van der Waals surface area (Å²) in [5.74, 6) is -1.21. The SMILES string of the molecule is CC(C)(C)c1ccnc(-c2cccc3c2oc2cc(-c4cc(F)cc(F)c4)ccc23)c1.C[Si](C)(C)c1ccc(-c2ccccc2)nc1.[Ir].c1ccc(-c2ccccn2)cc1. The van der Waals surface area contributed by atoms with Gasteiger partial charge < -0.3 is 4.42 Å². The zero-order chi connectivity index (χ0) is 41.6. The number of para-hydroxylation sites is 1. The molecule has 4 aromatic heterocycles. The molecule has 0 amide bonds. The first-order valence-electron chi connectivity index (χ1n) is 19.7. The Balaban J connectivity index is 0.000000173. The van der Waals surface area contributed by atoms with Crippen LogP contribution < -0.4 is 5.19 Å². The Labute approximate surface area is 365 Å². The predicted molar refractivity (Wildman–Crippen MR) is 243 cm³/mol. The third kappa shape index (κ3) is 10.6. The van der Waals surface area contributed by atoms with Crippen molar-refractivity contribution in [3.05, 3.63) is 194 Å². The molecule has 4 nitrogen and oxygen atoms in total. The number of nitrogens with zero attached hydrogens (tertiary/aromatic N) is 3. The van der Waals surface area contributed by atoms with Gasteiger partial charge in [0, 0.05) is 72.2 Å². The van der Waals surface area contributed by atoms with E-state index in [1.165, 1.54) is 28.4 Å². The Bertz CT molecular complexity index is 2740. The van der Waals surface area contributed by atoms with Crippen LogP contribution in [0.3, 0.4) is 0 Å². The van der Waals surface area contributed by atoms with Crippen molar-refractivity contribution in [2.75, 3.05) is 0 Å². The summed E-state index contributed by atoms with van der Waals surface area (Å²) in [7, 11) is -1.22. The van der Waals surface area contributed by atoms with Gasteiger partial charge in [-0.25, -0.2) is 8.78 Å². The number of benzene rings is 5. The summed E-state index contributed by atoms with van der Waals surface area (Å²) in [5.41, 5.74) is 9.98. The fourth-order valence-corrected chi connectivity index (χ4v) is 7.74. The summed E-state index contributed by atoms with van der Waals surface area (Å²) in [6, 6.07) is 50.0. The molecule has 60 heavy (non-hydrogen) atoms. The van der Waals surface area contributed by atoms with Gasteiger partial charge in [-0.2, -0.15) is 0 Å². The van der Waals surface area contributed by atoms with Gasteiger partial charge in [0.15, 0.2) is 0 Å². The number of halogens is 2. The number of hydrogen-bond acceptors (Lipinski definition) is 4. The van der Waals surface area contributed by atoms with E-state index < -0.39 is 19.7 Å². The summed E-state index contributed by atoms with van der Waals surface area (Å²) in [5, 5.41) is 3.34. The minimum absolute atomic E-state index is 0. The minimum Gasteiger partial charge on any atom is -0.455 e. The summed E-state index contributed by atoms with van der Waals surface area (Å²) >= 11 is 0. The molecule has 0 saturated carbocycles. The fourth-order valence-electron chi connectivity index (χ4n) is 6.70. The van der Waals surface area contributed by atoms with Gasteiger partial charge in [-0.3, -0.25) is 15.0 Å². The normalized spacial score (nSPS) is 11.2. The van der Waals surface area contributed by atoms with E-state index in [1.54, 1.807) is 0 Å². The van der Waals surface area contributed by atoms with Gasteiger partial charge in [0.25, 0.3) is 0 Å². The summed E-state index contributed by atoms with van der Waals surface area (Å²) in [6.07, 6.45) is 5.67. The van der Waals surface area contributed by atoms with Crippen LogP contribution in [-0.2, 0) is 25.5 Å². The molecule has 0 saturated heterocycles. The maximum absolute atomic E-state index is 13.7. The Kier molecular flexibility index (Phi) is 13.8. The van der Waals surface area contributed by atoms with Crippen molar-refractivity contribution < 1.29 is 33.3 Å². The maximum atomic E-state index is 13.7. The van der Waals surface area contributed by atoms with Crippen molar-refractivity contribution in [3.8, 4) is 44.9 Å². The van der Waals surface area contributed by atoms with Crippen molar-refractivity contribution in [1.82, 2.24) is 15.0 Å². The first-order valence-corrected chi connectivity index (χ1v) is 23.2. The maximum Gasteiger partial charge on any atom is 0.144 e. The summed E-state index contributed by atoms with van der Waals surface area (Å²) < 4.78 is 33.6. The molecule has 1 radical (unpaired) electrons. The zero-order valence-electron chi connectivity index (χ0n) is 34.6. The van der Waals surface area contributed by atoms with Crippen LogP contribution in [0.5, 0.6) is 0 Å².